The summed E-state index contributed by atoms with van der Waals surface area (Å²) in [5.74, 6) is -3.80. The average Bonchev–Trinajstić information content (AvgIpc) is 2.95. The number of rotatable bonds is 10. The Morgan fingerprint density at radius 2 is 1.74 bits per heavy atom. The number of carbonyl (C=O) groups is 1. The number of hydrogen-bond donors (Lipinski definition) is 2. The molecule has 1 heterocycles. The molecule has 1 saturated carbocycles. The first-order valence-corrected chi connectivity index (χ1v) is 13.8. The predicted molar refractivity (Wildman–Crippen MR) is 153 cm³/mol. The molecule has 4 rings (SSSR count). The quantitative estimate of drug-likeness (QED) is 0.163. The molecule has 2 N–H and O–H groups in total. The zero-order valence-electron chi connectivity index (χ0n) is 24.3. The summed E-state index contributed by atoms with van der Waals surface area (Å²) < 4.78 is 87.0. The van der Waals surface area contributed by atoms with Crippen molar-refractivity contribution in [2.75, 3.05) is 52.2 Å². The Kier molecular flexibility index (Phi) is 9.27. The average molecular weight is 611 g/mol. The van der Waals surface area contributed by atoms with Crippen LogP contribution >= 0.6 is 0 Å². The van der Waals surface area contributed by atoms with Crippen LogP contribution in [0.5, 0.6) is 0 Å². The summed E-state index contributed by atoms with van der Waals surface area (Å²) in [5.41, 5.74) is -2.10. The summed E-state index contributed by atoms with van der Waals surface area (Å²) in [4.78, 5) is 18.6. The van der Waals surface area contributed by atoms with E-state index in [-0.39, 0.29) is 29.8 Å². The van der Waals surface area contributed by atoms with Crippen LogP contribution in [0.25, 0.3) is 0 Å². The minimum absolute atomic E-state index is 0.0935. The molecule has 2 fully saturated rings. The number of nitrogens with zero attached hydrogens (tertiary/aromatic N) is 4. The van der Waals surface area contributed by atoms with Gasteiger partial charge in [-0.1, -0.05) is 12.1 Å². The standard InChI is InChI=1S/C30H36F6N6O/c1-39-7-9-42(10-8-39)14-20-11-21(16-43)24(25(12-20)30(34,35)36)15-40(2)23-6-4-5-22(13-23)28(17-29(32,33)18-28)26(31)27(38)41(3)19-37/h4-6,11-13,16,19,26,37-38H,7-10,14-15,17-18H2,1-3H3. The number of nitrogens with one attached hydrogen (secondary N) is 2. The minimum atomic E-state index is -4.74. The number of hydrogen-bond acceptors (Lipinski definition) is 6. The third-order valence-electron chi connectivity index (χ3n) is 8.48. The lowest BCUT2D eigenvalue weighted by atomic mass is 9.59. The molecule has 0 radical (unpaired) electrons. The van der Waals surface area contributed by atoms with Crippen LogP contribution in [0, 0.1) is 10.8 Å². The number of aldehydes is 1. The molecule has 7 nitrogen and oxygen atoms in total. The summed E-state index contributed by atoms with van der Waals surface area (Å²) in [6, 6.07) is 8.52. The second-order valence-corrected chi connectivity index (χ2v) is 11.7. The Morgan fingerprint density at radius 3 is 2.30 bits per heavy atom. The van der Waals surface area contributed by atoms with Crippen LogP contribution in [0.3, 0.4) is 0 Å². The fourth-order valence-electron chi connectivity index (χ4n) is 5.94. The van der Waals surface area contributed by atoms with Crippen LogP contribution in [0.15, 0.2) is 36.4 Å². The second-order valence-electron chi connectivity index (χ2n) is 11.7. The molecule has 1 aliphatic carbocycles. The summed E-state index contributed by atoms with van der Waals surface area (Å²) in [5, 5.41) is 15.4. The van der Waals surface area contributed by atoms with Crippen molar-refractivity contribution in [3.63, 3.8) is 0 Å². The monoisotopic (exact) mass is 610 g/mol. The molecule has 1 saturated heterocycles. The molecule has 234 valence electrons. The molecule has 2 aliphatic rings. The van der Waals surface area contributed by atoms with Crippen molar-refractivity contribution in [2.45, 2.75) is 49.6 Å². The maximum atomic E-state index is 15.7. The summed E-state index contributed by atoms with van der Waals surface area (Å²) in [6.45, 7) is 2.91. The van der Waals surface area contributed by atoms with Crippen molar-refractivity contribution >= 4 is 24.1 Å². The number of alkyl halides is 6. The van der Waals surface area contributed by atoms with Gasteiger partial charge in [-0.15, -0.1) is 0 Å². The van der Waals surface area contributed by atoms with Crippen LogP contribution in [0.1, 0.15) is 45.5 Å². The van der Waals surface area contributed by atoms with E-state index in [4.69, 9.17) is 10.8 Å². The number of carbonyl (C=O) groups excluding carboxylic acids is 1. The zero-order chi connectivity index (χ0) is 31.7. The summed E-state index contributed by atoms with van der Waals surface area (Å²) in [7, 11) is 4.76. The molecule has 0 bridgehead atoms. The SMILES string of the molecule is CN1CCN(Cc2cc(C=O)c(CN(C)c3cccc(C4(C(F)C(=N)N(C)C=N)CC(F)(F)C4)c3)c(C(F)(F)F)c2)CC1. The van der Waals surface area contributed by atoms with Crippen LogP contribution in [0.2, 0.25) is 0 Å². The summed E-state index contributed by atoms with van der Waals surface area (Å²) in [6.07, 6.45) is -7.48. The van der Waals surface area contributed by atoms with Gasteiger partial charge in [0.2, 0.25) is 5.92 Å². The number of piperazine rings is 1. The molecular formula is C30H36F6N6O. The van der Waals surface area contributed by atoms with E-state index in [1.807, 2.05) is 11.9 Å². The van der Waals surface area contributed by atoms with Gasteiger partial charge in [0.25, 0.3) is 0 Å². The minimum Gasteiger partial charge on any atom is -0.370 e. The number of benzene rings is 2. The van der Waals surface area contributed by atoms with Crippen molar-refractivity contribution in [3.05, 3.63) is 64.2 Å². The number of anilines is 1. The first-order valence-electron chi connectivity index (χ1n) is 13.8. The van der Waals surface area contributed by atoms with Crippen molar-refractivity contribution in [1.29, 1.82) is 10.8 Å². The zero-order valence-corrected chi connectivity index (χ0v) is 24.3. The van der Waals surface area contributed by atoms with E-state index in [9.17, 15) is 26.7 Å². The van der Waals surface area contributed by atoms with Gasteiger partial charge >= 0.3 is 6.18 Å². The molecule has 43 heavy (non-hydrogen) atoms. The van der Waals surface area contributed by atoms with Gasteiger partial charge in [0.1, 0.15) is 12.1 Å². The first kappa shape index (κ1) is 32.5. The van der Waals surface area contributed by atoms with E-state index in [1.165, 1.54) is 43.3 Å². The smallest absolute Gasteiger partial charge is 0.370 e. The molecule has 0 spiro atoms. The van der Waals surface area contributed by atoms with Gasteiger partial charge in [-0.3, -0.25) is 20.5 Å². The van der Waals surface area contributed by atoms with Crippen molar-refractivity contribution in [3.8, 4) is 0 Å². The molecule has 1 aliphatic heterocycles. The number of halogens is 6. The highest BCUT2D eigenvalue weighted by Gasteiger charge is 2.62. The van der Waals surface area contributed by atoms with Crippen LogP contribution in [-0.4, -0.2) is 92.6 Å². The molecule has 0 aromatic heterocycles. The number of amidine groups is 1. The Balaban J connectivity index is 1.65. The maximum Gasteiger partial charge on any atom is 0.416 e. The van der Waals surface area contributed by atoms with Gasteiger partial charge in [0.15, 0.2) is 6.17 Å². The fraction of sp³-hybridized carbons (Fsp3) is 0.500. The Morgan fingerprint density at radius 1 is 1.09 bits per heavy atom. The second kappa shape index (κ2) is 12.3. The van der Waals surface area contributed by atoms with Gasteiger partial charge in [-0.2, -0.15) is 13.2 Å². The third-order valence-corrected chi connectivity index (χ3v) is 8.48. The first-order chi connectivity index (χ1) is 20.1. The van der Waals surface area contributed by atoms with Gasteiger partial charge in [-0.05, 0) is 48.0 Å². The normalized spacial score (nSPS) is 19.3. The Hall–Kier alpha value is -3.45. The van der Waals surface area contributed by atoms with E-state index in [0.717, 1.165) is 24.1 Å². The molecular weight excluding hydrogens is 574 g/mol. The highest BCUT2D eigenvalue weighted by atomic mass is 19.4. The largest absolute Gasteiger partial charge is 0.416 e. The van der Waals surface area contributed by atoms with Crippen molar-refractivity contribution < 1.29 is 31.1 Å². The van der Waals surface area contributed by atoms with Gasteiger partial charge < -0.3 is 14.7 Å². The lowest BCUT2D eigenvalue weighted by molar-refractivity contribution is -0.140. The third kappa shape index (κ3) is 6.87. The van der Waals surface area contributed by atoms with Crippen molar-refractivity contribution in [2.24, 2.45) is 0 Å². The lowest BCUT2D eigenvalue weighted by Crippen LogP contribution is -2.58. The van der Waals surface area contributed by atoms with E-state index in [1.54, 1.807) is 6.07 Å². The topological polar surface area (TPSA) is 77.7 Å². The Bertz CT molecular complexity index is 1350. The number of likely N-dealkylation sites (N-methyl/N-ethyl adjacent to an activating group) is 1. The highest BCUT2D eigenvalue weighted by Crippen LogP contribution is 2.56. The van der Waals surface area contributed by atoms with Crippen LogP contribution in [-0.2, 0) is 24.7 Å². The summed E-state index contributed by atoms with van der Waals surface area (Å²) >= 11 is 0. The molecule has 1 atom stereocenters. The van der Waals surface area contributed by atoms with Gasteiger partial charge in [0.05, 0.1) is 11.9 Å². The highest BCUT2D eigenvalue weighted by molar-refractivity contribution is 5.93. The van der Waals surface area contributed by atoms with Crippen LogP contribution in [0.4, 0.5) is 32.0 Å². The van der Waals surface area contributed by atoms with E-state index >= 15 is 4.39 Å². The van der Waals surface area contributed by atoms with Gasteiger partial charge in [0, 0.05) is 82.9 Å². The Labute approximate surface area is 247 Å². The van der Waals surface area contributed by atoms with E-state index < -0.39 is 47.9 Å². The molecule has 1 unspecified atom stereocenters. The predicted octanol–water partition coefficient (Wildman–Crippen LogP) is 5.42. The molecule has 2 aromatic rings. The fourth-order valence-corrected chi connectivity index (χ4v) is 5.94. The maximum absolute atomic E-state index is 15.7. The van der Waals surface area contributed by atoms with Crippen molar-refractivity contribution in [1.82, 2.24) is 14.7 Å². The lowest BCUT2D eigenvalue weighted by Gasteiger charge is -2.50. The van der Waals surface area contributed by atoms with Crippen LogP contribution < -0.4 is 4.90 Å². The van der Waals surface area contributed by atoms with E-state index in [0.29, 0.717) is 37.0 Å². The van der Waals surface area contributed by atoms with Gasteiger partial charge in [-0.25, -0.2) is 13.2 Å². The molecule has 0 amide bonds. The molecule has 13 heteroatoms. The molecule has 2 aromatic carbocycles. The van der Waals surface area contributed by atoms with E-state index in [2.05, 4.69) is 4.90 Å².